The van der Waals surface area contributed by atoms with Crippen molar-refractivity contribution in [2.75, 3.05) is 13.1 Å². The quantitative estimate of drug-likeness (QED) is 0.853. The van der Waals surface area contributed by atoms with E-state index in [4.69, 9.17) is 4.52 Å². The number of hydrogen-bond donors (Lipinski definition) is 1. The summed E-state index contributed by atoms with van der Waals surface area (Å²) >= 11 is 0. The third-order valence-electron chi connectivity index (χ3n) is 3.67. The molecule has 19 heavy (non-hydrogen) atoms. The van der Waals surface area contributed by atoms with Gasteiger partial charge in [0.2, 0.25) is 5.89 Å². The van der Waals surface area contributed by atoms with Crippen LogP contribution in [0.2, 0.25) is 0 Å². The minimum atomic E-state index is 0.542. The standard InChI is InChI=1S/C14H26N4O/c1-4-14-16-13(17-19-14)10-18-8-6-5-7-12(18)9-15-11(2)3/h11-12,15H,4-10H2,1-3H3. The molecular formula is C14H26N4O. The largest absolute Gasteiger partial charge is 0.339 e. The molecule has 0 bridgehead atoms. The van der Waals surface area contributed by atoms with Gasteiger partial charge in [-0.1, -0.05) is 32.3 Å². The number of nitrogens with one attached hydrogen (secondary N) is 1. The Bertz CT molecular complexity index is 377. The van der Waals surface area contributed by atoms with Crippen molar-refractivity contribution in [2.24, 2.45) is 0 Å². The summed E-state index contributed by atoms with van der Waals surface area (Å²) in [5.74, 6) is 1.57. The zero-order chi connectivity index (χ0) is 13.7. The molecule has 0 aliphatic carbocycles. The third-order valence-corrected chi connectivity index (χ3v) is 3.67. The summed E-state index contributed by atoms with van der Waals surface area (Å²) in [5, 5.41) is 7.60. The van der Waals surface area contributed by atoms with Crippen LogP contribution in [0.3, 0.4) is 0 Å². The third kappa shape index (κ3) is 4.28. The lowest BCUT2D eigenvalue weighted by molar-refractivity contribution is 0.131. The van der Waals surface area contributed by atoms with Crippen LogP contribution in [0.5, 0.6) is 0 Å². The summed E-state index contributed by atoms with van der Waals surface area (Å²) in [5.41, 5.74) is 0. The summed E-state index contributed by atoms with van der Waals surface area (Å²) in [7, 11) is 0. The minimum Gasteiger partial charge on any atom is -0.339 e. The van der Waals surface area contributed by atoms with Crippen LogP contribution in [0.25, 0.3) is 0 Å². The van der Waals surface area contributed by atoms with Crippen molar-refractivity contribution in [1.29, 1.82) is 0 Å². The van der Waals surface area contributed by atoms with E-state index in [1.807, 2.05) is 6.92 Å². The highest BCUT2D eigenvalue weighted by Gasteiger charge is 2.23. The first-order chi connectivity index (χ1) is 9.19. The summed E-state index contributed by atoms with van der Waals surface area (Å²) < 4.78 is 5.19. The molecule has 1 N–H and O–H groups in total. The van der Waals surface area contributed by atoms with Gasteiger partial charge >= 0.3 is 0 Å². The van der Waals surface area contributed by atoms with Gasteiger partial charge in [-0.25, -0.2) is 0 Å². The molecule has 1 atom stereocenters. The summed E-state index contributed by atoms with van der Waals surface area (Å²) in [6.45, 7) is 9.43. The van der Waals surface area contributed by atoms with Gasteiger partial charge < -0.3 is 9.84 Å². The Morgan fingerprint density at radius 1 is 1.42 bits per heavy atom. The molecule has 1 aliphatic heterocycles. The van der Waals surface area contributed by atoms with E-state index in [2.05, 4.69) is 34.2 Å². The Morgan fingerprint density at radius 3 is 2.95 bits per heavy atom. The van der Waals surface area contributed by atoms with Crippen LogP contribution in [-0.2, 0) is 13.0 Å². The van der Waals surface area contributed by atoms with E-state index in [1.54, 1.807) is 0 Å². The molecule has 0 saturated carbocycles. The fraction of sp³-hybridized carbons (Fsp3) is 0.857. The molecule has 2 heterocycles. The second kappa shape index (κ2) is 7.01. The maximum atomic E-state index is 5.19. The summed E-state index contributed by atoms with van der Waals surface area (Å²) in [4.78, 5) is 6.90. The van der Waals surface area contributed by atoms with Gasteiger partial charge in [0.15, 0.2) is 5.82 Å². The zero-order valence-corrected chi connectivity index (χ0v) is 12.4. The van der Waals surface area contributed by atoms with E-state index in [9.17, 15) is 0 Å². The highest BCUT2D eigenvalue weighted by atomic mass is 16.5. The normalized spacial score (nSPS) is 21.2. The molecule has 108 valence electrons. The smallest absolute Gasteiger partial charge is 0.226 e. The van der Waals surface area contributed by atoms with Crippen molar-refractivity contribution in [2.45, 2.75) is 65.1 Å². The number of rotatable bonds is 6. The number of nitrogens with zero attached hydrogens (tertiary/aromatic N) is 3. The van der Waals surface area contributed by atoms with Crippen LogP contribution < -0.4 is 5.32 Å². The van der Waals surface area contributed by atoms with Gasteiger partial charge in [0.1, 0.15) is 0 Å². The highest BCUT2D eigenvalue weighted by Crippen LogP contribution is 2.18. The SMILES string of the molecule is CCc1nc(CN2CCCCC2CNC(C)C)no1. The van der Waals surface area contributed by atoms with Crippen LogP contribution >= 0.6 is 0 Å². The fourth-order valence-corrected chi connectivity index (χ4v) is 2.55. The van der Waals surface area contributed by atoms with Crippen LogP contribution in [-0.4, -0.2) is 40.2 Å². The Morgan fingerprint density at radius 2 is 2.26 bits per heavy atom. The monoisotopic (exact) mass is 266 g/mol. The molecule has 1 aromatic heterocycles. The molecule has 5 nitrogen and oxygen atoms in total. The molecule has 1 saturated heterocycles. The zero-order valence-electron chi connectivity index (χ0n) is 12.4. The van der Waals surface area contributed by atoms with Crippen molar-refractivity contribution in [3.63, 3.8) is 0 Å². The molecule has 1 unspecified atom stereocenters. The number of aryl methyl sites for hydroxylation is 1. The highest BCUT2D eigenvalue weighted by molar-refractivity contribution is 4.89. The number of aromatic nitrogens is 2. The van der Waals surface area contributed by atoms with Crippen molar-refractivity contribution in [1.82, 2.24) is 20.4 Å². The molecule has 0 amide bonds. The predicted octanol–water partition coefficient (Wildman–Crippen LogP) is 1.98. The number of piperidine rings is 1. The summed E-state index contributed by atoms with van der Waals surface area (Å²) in [6.07, 6.45) is 4.67. The van der Waals surface area contributed by atoms with Gasteiger partial charge in [0, 0.05) is 25.0 Å². The van der Waals surface area contributed by atoms with Crippen molar-refractivity contribution < 1.29 is 4.52 Å². The fourth-order valence-electron chi connectivity index (χ4n) is 2.55. The van der Waals surface area contributed by atoms with Crippen LogP contribution in [0.1, 0.15) is 51.7 Å². The second-order valence-electron chi connectivity index (χ2n) is 5.64. The maximum absolute atomic E-state index is 5.19. The molecule has 1 fully saturated rings. The van der Waals surface area contributed by atoms with Gasteiger partial charge in [0.05, 0.1) is 6.54 Å². The first-order valence-electron chi connectivity index (χ1n) is 7.48. The first kappa shape index (κ1) is 14.5. The second-order valence-corrected chi connectivity index (χ2v) is 5.64. The van der Waals surface area contributed by atoms with E-state index < -0.39 is 0 Å². The Hall–Kier alpha value is -0.940. The van der Waals surface area contributed by atoms with Gasteiger partial charge in [-0.2, -0.15) is 4.98 Å². The van der Waals surface area contributed by atoms with Crippen LogP contribution in [0.4, 0.5) is 0 Å². The summed E-state index contributed by atoms with van der Waals surface area (Å²) in [6, 6.07) is 1.14. The molecule has 1 aromatic rings. The van der Waals surface area contributed by atoms with E-state index in [0.29, 0.717) is 12.1 Å². The van der Waals surface area contributed by atoms with E-state index >= 15 is 0 Å². The number of hydrogen-bond acceptors (Lipinski definition) is 5. The molecule has 0 spiro atoms. The Kier molecular flexibility index (Phi) is 5.34. The van der Waals surface area contributed by atoms with Gasteiger partial charge in [-0.15, -0.1) is 0 Å². The van der Waals surface area contributed by atoms with Crippen LogP contribution in [0.15, 0.2) is 4.52 Å². The Labute approximate surface area is 115 Å². The van der Waals surface area contributed by atoms with E-state index in [0.717, 1.165) is 37.8 Å². The minimum absolute atomic E-state index is 0.542. The molecule has 0 radical (unpaired) electrons. The van der Waals surface area contributed by atoms with E-state index in [1.165, 1.54) is 19.3 Å². The Balaban J connectivity index is 1.91. The van der Waals surface area contributed by atoms with Crippen LogP contribution in [0, 0.1) is 0 Å². The predicted molar refractivity (Wildman–Crippen MR) is 74.9 cm³/mol. The van der Waals surface area contributed by atoms with Gasteiger partial charge in [0.25, 0.3) is 0 Å². The number of likely N-dealkylation sites (tertiary alicyclic amines) is 1. The molecule has 5 heteroatoms. The molecular weight excluding hydrogens is 240 g/mol. The van der Waals surface area contributed by atoms with Crippen molar-refractivity contribution >= 4 is 0 Å². The molecule has 2 rings (SSSR count). The lowest BCUT2D eigenvalue weighted by Crippen LogP contribution is -2.46. The van der Waals surface area contributed by atoms with E-state index in [-0.39, 0.29) is 0 Å². The van der Waals surface area contributed by atoms with Crippen molar-refractivity contribution in [3.8, 4) is 0 Å². The van der Waals surface area contributed by atoms with Crippen molar-refractivity contribution in [3.05, 3.63) is 11.7 Å². The maximum Gasteiger partial charge on any atom is 0.226 e. The average Bonchev–Trinajstić information content (AvgIpc) is 2.85. The first-order valence-corrected chi connectivity index (χ1v) is 7.48. The lowest BCUT2D eigenvalue weighted by atomic mass is 10.0. The molecule has 1 aliphatic rings. The molecule has 0 aromatic carbocycles. The van der Waals surface area contributed by atoms with Gasteiger partial charge in [-0.3, -0.25) is 4.90 Å². The lowest BCUT2D eigenvalue weighted by Gasteiger charge is -2.35. The topological polar surface area (TPSA) is 54.2 Å². The van der Waals surface area contributed by atoms with Gasteiger partial charge in [-0.05, 0) is 19.4 Å². The average molecular weight is 266 g/mol.